The third-order valence-electron chi connectivity index (χ3n) is 9.47. The van der Waals surface area contributed by atoms with E-state index in [1.807, 2.05) is 18.2 Å². The first-order valence-electron chi connectivity index (χ1n) is 20.0. The van der Waals surface area contributed by atoms with Crippen molar-refractivity contribution in [3.63, 3.8) is 0 Å². The molecular weight excluding hydrogens is 714 g/mol. The number of unbranched alkanes of at least 4 members (excludes halogenated alkanes) is 6. The molecule has 9 N–H and O–H groups in total. The fourth-order valence-electron chi connectivity index (χ4n) is 6.12. The minimum atomic E-state index is -1.79. The van der Waals surface area contributed by atoms with Crippen LogP contribution < -0.4 is 5.32 Å². The van der Waals surface area contributed by atoms with Crippen LogP contribution in [-0.4, -0.2) is 140 Å². The topological polar surface area (TPSA) is 228 Å². The van der Waals surface area contributed by atoms with E-state index in [2.05, 4.69) is 55.6 Å². The number of amides is 1. The Morgan fingerprint density at radius 3 is 1.89 bits per heavy atom. The Morgan fingerprint density at radius 1 is 0.673 bits per heavy atom. The van der Waals surface area contributed by atoms with E-state index >= 15 is 0 Å². The summed E-state index contributed by atoms with van der Waals surface area (Å²) in [5.74, 6) is -0.328. The van der Waals surface area contributed by atoms with Gasteiger partial charge in [-0.3, -0.25) is 4.79 Å². The Balaban J connectivity index is 1.98. The van der Waals surface area contributed by atoms with Crippen LogP contribution in [0.25, 0.3) is 0 Å². The third kappa shape index (κ3) is 18.2. The van der Waals surface area contributed by atoms with Crippen LogP contribution in [0.3, 0.4) is 0 Å². The molecule has 0 aliphatic carbocycles. The van der Waals surface area contributed by atoms with Gasteiger partial charge in [-0.15, -0.1) is 0 Å². The van der Waals surface area contributed by atoms with Crippen LogP contribution >= 0.6 is 0 Å². The number of carbonyl (C=O) groups excluding carboxylic acids is 1. The van der Waals surface area contributed by atoms with Crippen molar-refractivity contribution in [1.29, 1.82) is 0 Å². The van der Waals surface area contributed by atoms with E-state index in [1.54, 1.807) is 6.08 Å². The smallest absolute Gasteiger partial charge is 0.220 e. The fourth-order valence-corrected chi connectivity index (χ4v) is 6.12. The van der Waals surface area contributed by atoms with Crippen LogP contribution in [0, 0.1) is 0 Å². The van der Waals surface area contributed by atoms with Gasteiger partial charge in [0.2, 0.25) is 5.91 Å². The van der Waals surface area contributed by atoms with E-state index in [-0.39, 0.29) is 18.9 Å². The third-order valence-corrected chi connectivity index (χ3v) is 9.47. The zero-order valence-corrected chi connectivity index (χ0v) is 32.6. The molecule has 2 aliphatic rings. The molecule has 0 aromatic rings. The minimum absolute atomic E-state index is 0.156. The lowest BCUT2D eigenvalue weighted by molar-refractivity contribution is -0.359. The Morgan fingerprint density at radius 2 is 1.25 bits per heavy atom. The van der Waals surface area contributed by atoms with Gasteiger partial charge in [0, 0.05) is 6.42 Å². The van der Waals surface area contributed by atoms with Crippen LogP contribution in [0.1, 0.15) is 97.3 Å². The van der Waals surface area contributed by atoms with Crippen LogP contribution in [0.4, 0.5) is 0 Å². The van der Waals surface area contributed by atoms with Crippen molar-refractivity contribution in [1.82, 2.24) is 5.32 Å². The lowest BCUT2D eigenvalue weighted by Gasteiger charge is -2.46. The van der Waals surface area contributed by atoms with E-state index in [1.165, 1.54) is 19.3 Å². The number of nitrogens with one attached hydrogen (secondary N) is 1. The molecule has 12 unspecified atom stereocenters. The van der Waals surface area contributed by atoms with Crippen LogP contribution in [-0.2, 0) is 23.7 Å². The van der Waals surface area contributed by atoms with Gasteiger partial charge in [-0.25, -0.2) is 0 Å². The van der Waals surface area contributed by atoms with Gasteiger partial charge in [0.05, 0.1) is 32.0 Å². The number of carbonyl (C=O) groups is 1. The first-order chi connectivity index (χ1) is 26.6. The van der Waals surface area contributed by atoms with E-state index in [4.69, 9.17) is 18.9 Å². The average Bonchev–Trinajstić information content (AvgIpc) is 3.18. The van der Waals surface area contributed by atoms with Crippen molar-refractivity contribution in [2.75, 3.05) is 19.8 Å². The molecule has 2 saturated heterocycles. The highest BCUT2D eigenvalue weighted by Crippen LogP contribution is 2.29. The maximum absolute atomic E-state index is 13.0. The van der Waals surface area contributed by atoms with E-state index in [0.717, 1.165) is 51.4 Å². The Hall–Kier alpha value is -2.31. The monoisotopic (exact) mass is 783 g/mol. The molecular formula is C41H69NO13. The number of hydrogen-bond donors (Lipinski definition) is 9. The van der Waals surface area contributed by atoms with Crippen molar-refractivity contribution in [2.24, 2.45) is 0 Å². The predicted octanol–water partition coefficient (Wildman–Crippen LogP) is 2.36. The molecule has 14 heteroatoms. The zero-order valence-electron chi connectivity index (χ0n) is 32.6. The molecule has 14 nitrogen and oxygen atoms in total. The summed E-state index contributed by atoms with van der Waals surface area (Å²) < 4.78 is 22.5. The summed E-state index contributed by atoms with van der Waals surface area (Å²) in [6, 6.07) is -0.950. The molecule has 0 bridgehead atoms. The molecule has 2 heterocycles. The van der Waals surface area contributed by atoms with Crippen molar-refractivity contribution in [2.45, 2.75) is 171 Å². The maximum Gasteiger partial charge on any atom is 0.220 e. The number of allylic oxidation sites excluding steroid dienone is 9. The number of aliphatic hydroxyl groups excluding tert-OH is 8. The molecule has 0 aromatic carbocycles. The molecule has 12 atom stereocenters. The normalized spacial score (nSPS) is 30.4. The summed E-state index contributed by atoms with van der Waals surface area (Å²) in [4.78, 5) is 13.0. The van der Waals surface area contributed by atoms with Crippen molar-refractivity contribution >= 4 is 5.91 Å². The van der Waals surface area contributed by atoms with Gasteiger partial charge in [-0.1, -0.05) is 107 Å². The average molecular weight is 784 g/mol. The quantitative estimate of drug-likeness (QED) is 0.0431. The van der Waals surface area contributed by atoms with E-state index in [0.29, 0.717) is 6.42 Å². The molecule has 55 heavy (non-hydrogen) atoms. The van der Waals surface area contributed by atoms with Gasteiger partial charge in [0.15, 0.2) is 12.6 Å². The lowest BCUT2D eigenvalue weighted by atomic mass is 9.97. The van der Waals surface area contributed by atoms with Gasteiger partial charge in [0.25, 0.3) is 0 Å². The highest BCUT2D eigenvalue weighted by molar-refractivity contribution is 5.76. The second kappa shape index (κ2) is 29.0. The highest BCUT2D eigenvalue weighted by atomic mass is 16.7. The molecule has 2 rings (SSSR count). The minimum Gasteiger partial charge on any atom is -0.394 e. The summed E-state index contributed by atoms with van der Waals surface area (Å²) in [5, 5.41) is 85.9. The highest BCUT2D eigenvalue weighted by Gasteiger charge is 2.50. The zero-order chi connectivity index (χ0) is 40.4. The summed E-state index contributed by atoms with van der Waals surface area (Å²) in [6.45, 7) is 2.50. The standard InChI is InChI=1S/C41H69NO13/c1-3-5-7-9-11-13-14-15-16-17-19-21-23-25-33(46)42-29(30(45)24-22-20-18-12-10-8-6-4-2)28-52-40-38(51)36(49)39(32(27-44)54-40)55-41-37(50)35(48)34(47)31(26-43)53-41/h5,7,11,13,15-16,19,21-22,24,29-32,34-41,43-45,47-51H,3-4,6,8-10,12,14,17-18,20,23,25-28H2,1-2H3,(H,42,46)/b7-5-,13-11-,16-15-,21-19-,24-22+. The summed E-state index contributed by atoms with van der Waals surface area (Å²) in [7, 11) is 0. The number of rotatable bonds is 27. The molecule has 316 valence electrons. The molecule has 2 aliphatic heterocycles. The first-order valence-corrected chi connectivity index (χ1v) is 20.0. The van der Waals surface area contributed by atoms with Gasteiger partial charge in [-0.2, -0.15) is 0 Å². The summed E-state index contributed by atoms with van der Waals surface area (Å²) >= 11 is 0. The molecule has 1 amide bonds. The van der Waals surface area contributed by atoms with Crippen molar-refractivity contribution < 1.29 is 64.6 Å². The van der Waals surface area contributed by atoms with E-state index < -0.39 is 86.8 Å². The Kier molecular flexibility index (Phi) is 25.7. The molecule has 0 radical (unpaired) electrons. The van der Waals surface area contributed by atoms with Crippen LogP contribution in [0.15, 0.2) is 60.8 Å². The van der Waals surface area contributed by atoms with E-state index in [9.17, 15) is 45.6 Å². The number of ether oxygens (including phenoxy) is 4. The predicted molar refractivity (Wildman–Crippen MR) is 207 cm³/mol. The second-order valence-corrected chi connectivity index (χ2v) is 14.0. The fraction of sp³-hybridized carbons (Fsp3) is 0.732. The molecule has 0 aromatic heterocycles. The Labute approximate surface area is 326 Å². The van der Waals surface area contributed by atoms with Gasteiger partial charge < -0.3 is 65.1 Å². The molecule has 2 fully saturated rings. The SMILES string of the molecule is CC/C=C\C/C=C\C/C=C\C/C=C\CCC(=O)NC(COC1OC(CO)C(OC2OC(CO)C(O)C(O)C2O)C(O)C1O)C(O)/C=C/CCCCCCCC. The Bertz CT molecular complexity index is 1160. The molecule has 0 spiro atoms. The largest absolute Gasteiger partial charge is 0.394 e. The number of aliphatic hydroxyl groups is 8. The summed E-state index contributed by atoms with van der Waals surface area (Å²) in [5.41, 5.74) is 0. The first kappa shape index (κ1) is 48.8. The summed E-state index contributed by atoms with van der Waals surface area (Å²) in [6.07, 6.45) is 14.6. The second-order valence-electron chi connectivity index (χ2n) is 14.0. The van der Waals surface area contributed by atoms with Gasteiger partial charge in [0.1, 0.15) is 48.8 Å². The van der Waals surface area contributed by atoms with Crippen LogP contribution in [0.2, 0.25) is 0 Å². The van der Waals surface area contributed by atoms with Crippen molar-refractivity contribution in [3.8, 4) is 0 Å². The molecule has 0 saturated carbocycles. The number of hydrogen-bond acceptors (Lipinski definition) is 13. The lowest BCUT2D eigenvalue weighted by Crippen LogP contribution is -2.65. The van der Waals surface area contributed by atoms with Crippen LogP contribution in [0.5, 0.6) is 0 Å². The maximum atomic E-state index is 13.0. The van der Waals surface area contributed by atoms with Crippen molar-refractivity contribution in [3.05, 3.63) is 60.8 Å². The van der Waals surface area contributed by atoms with Gasteiger partial charge in [-0.05, 0) is 44.9 Å². The van der Waals surface area contributed by atoms with Gasteiger partial charge >= 0.3 is 0 Å².